The molecule has 2 N–H and O–H groups in total. The van der Waals surface area contributed by atoms with Crippen LogP contribution in [0, 0.1) is 0 Å². The van der Waals surface area contributed by atoms with Gasteiger partial charge in [-0.1, -0.05) is 30.3 Å². The average molecular weight is 309 g/mol. The van der Waals surface area contributed by atoms with Gasteiger partial charge in [0, 0.05) is 17.8 Å². The van der Waals surface area contributed by atoms with Crippen LogP contribution in [-0.2, 0) is 19.4 Å². The Hall–Kier alpha value is -2.47. The number of benzene rings is 1. The number of fused-ring (bicyclic) bond motifs is 1. The first-order valence-electron chi connectivity index (χ1n) is 8.02. The van der Waals surface area contributed by atoms with E-state index in [1.54, 1.807) is 0 Å². The molecule has 3 aromatic rings. The highest BCUT2D eigenvalue weighted by Gasteiger charge is 2.25. The van der Waals surface area contributed by atoms with Gasteiger partial charge in [-0.05, 0) is 31.7 Å². The van der Waals surface area contributed by atoms with Crippen LogP contribution in [-0.4, -0.2) is 30.1 Å². The second-order valence-corrected chi connectivity index (χ2v) is 5.81. The molecule has 23 heavy (non-hydrogen) atoms. The maximum Gasteiger partial charge on any atom is 0.184 e. The zero-order valence-corrected chi connectivity index (χ0v) is 13.0. The Kier molecular flexibility index (Phi) is 3.46. The fourth-order valence-electron chi connectivity index (χ4n) is 3.16. The number of nitrogens with zero attached hydrogens (tertiary/aromatic N) is 4. The number of aromatic nitrogens is 5. The van der Waals surface area contributed by atoms with Crippen molar-refractivity contribution in [1.82, 2.24) is 25.0 Å². The van der Waals surface area contributed by atoms with Crippen LogP contribution in [0.2, 0.25) is 0 Å². The van der Waals surface area contributed by atoms with Gasteiger partial charge in [-0.3, -0.25) is 5.10 Å². The Bertz CT molecular complexity index is 821. The Morgan fingerprint density at radius 2 is 2.09 bits per heavy atom. The van der Waals surface area contributed by atoms with Crippen LogP contribution in [0.4, 0.5) is 0 Å². The molecule has 0 amide bonds. The van der Waals surface area contributed by atoms with Crippen molar-refractivity contribution in [2.75, 3.05) is 0 Å². The highest BCUT2D eigenvalue weighted by Crippen LogP contribution is 2.30. The van der Waals surface area contributed by atoms with Crippen molar-refractivity contribution < 1.29 is 5.11 Å². The molecule has 0 bridgehead atoms. The summed E-state index contributed by atoms with van der Waals surface area (Å²) in [6.07, 6.45) is 2.39. The van der Waals surface area contributed by atoms with E-state index in [2.05, 4.69) is 20.3 Å². The van der Waals surface area contributed by atoms with Crippen molar-refractivity contribution in [3.05, 3.63) is 53.0 Å². The fraction of sp³-hybridized carbons (Fsp3) is 0.353. The van der Waals surface area contributed by atoms with E-state index in [0.29, 0.717) is 12.4 Å². The zero-order valence-electron chi connectivity index (χ0n) is 13.0. The lowest BCUT2D eigenvalue weighted by molar-refractivity contribution is 0.209. The summed E-state index contributed by atoms with van der Waals surface area (Å²) >= 11 is 0. The molecule has 0 saturated heterocycles. The molecule has 0 saturated carbocycles. The molecule has 6 heteroatoms. The molecule has 0 unspecified atom stereocenters. The highest BCUT2D eigenvalue weighted by molar-refractivity contribution is 5.58. The Labute approximate surface area is 134 Å². The lowest BCUT2D eigenvalue weighted by Crippen LogP contribution is -2.04. The Balaban J connectivity index is 1.75. The van der Waals surface area contributed by atoms with Gasteiger partial charge in [0.2, 0.25) is 0 Å². The molecule has 2 aromatic heterocycles. The molecule has 2 heterocycles. The molecule has 1 atom stereocenters. The highest BCUT2D eigenvalue weighted by atomic mass is 16.3. The molecule has 1 aliphatic rings. The van der Waals surface area contributed by atoms with Gasteiger partial charge in [-0.2, -0.15) is 10.2 Å². The monoisotopic (exact) mass is 309 g/mol. The Morgan fingerprint density at radius 3 is 2.87 bits per heavy atom. The second-order valence-electron chi connectivity index (χ2n) is 5.81. The van der Waals surface area contributed by atoms with Crippen molar-refractivity contribution in [2.45, 2.75) is 38.8 Å². The minimum absolute atomic E-state index is 0.419. The number of hydrogen-bond acceptors (Lipinski definition) is 4. The molecule has 0 spiro atoms. The molecule has 118 valence electrons. The third-order valence-corrected chi connectivity index (χ3v) is 4.37. The summed E-state index contributed by atoms with van der Waals surface area (Å²) in [6.45, 7) is 2.70. The summed E-state index contributed by atoms with van der Waals surface area (Å²) in [5.41, 5.74) is 4.11. The number of aliphatic hydroxyl groups is 1. The van der Waals surface area contributed by atoms with Crippen LogP contribution < -0.4 is 0 Å². The maximum atomic E-state index is 10.5. The summed E-state index contributed by atoms with van der Waals surface area (Å²) in [5, 5.41) is 22.6. The quantitative estimate of drug-likeness (QED) is 0.775. The van der Waals surface area contributed by atoms with Crippen molar-refractivity contribution in [2.24, 2.45) is 0 Å². The minimum Gasteiger partial charge on any atom is -0.380 e. The lowest BCUT2D eigenvalue weighted by Gasteiger charge is -2.05. The molecule has 1 aromatic carbocycles. The number of rotatable bonds is 4. The van der Waals surface area contributed by atoms with E-state index in [4.69, 9.17) is 0 Å². The lowest BCUT2D eigenvalue weighted by atomic mass is 10.1. The molecule has 0 aliphatic heterocycles. The van der Waals surface area contributed by atoms with Crippen LogP contribution in [0.15, 0.2) is 30.3 Å². The van der Waals surface area contributed by atoms with Gasteiger partial charge in [0.25, 0.3) is 0 Å². The van der Waals surface area contributed by atoms with E-state index in [1.165, 1.54) is 11.3 Å². The first kappa shape index (κ1) is 14.1. The minimum atomic E-state index is -0.824. The molecular weight excluding hydrogens is 290 g/mol. The maximum absolute atomic E-state index is 10.5. The van der Waals surface area contributed by atoms with E-state index >= 15 is 0 Å². The second kappa shape index (κ2) is 5.62. The standard InChI is InChI=1S/C17H19N5O/c1-2-22-17(14-12-9-6-10-13(12)19-20-14)18-16(21-22)15(23)11-7-4-3-5-8-11/h3-5,7-8,15,23H,2,6,9-10H2,1H3,(H,19,20)/t15-/m1/s1. The summed E-state index contributed by atoms with van der Waals surface area (Å²) in [7, 11) is 0. The molecule has 6 nitrogen and oxygen atoms in total. The third kappa shape index (κ3) is 2.35. The SMILES string of the molecule is CCn1nc([C@H](O)c2ccccc2)nc1-c1n[nH]c2c1CCC2. The molecular formula is C17H19N5O. The van der Waals surface area contributed by atoms with E-state index in [1.807, 2.05) is 41.9 Å². The summed E-state index contributed by atoms with van der Waals surface area (Å²) in [4.78, 5) is 4.60. The Morgan fingerprint density at radius 1 is 1.26 bits per heavy atom. The van der Waals surface area contributed by atoms with E-state index < -0.39 is 6.10 Å². The molecule has 0 fully saturated rings. The number of aliphatic hydroxyl groups excluding tert-OH is 1. The number of nitrogens with one attached hydrogen (secondary N) is 1. The van der Waals surface area contributed by atoms with E-state index in [0.717, 1.165) is 36.3 Å². The van der Waals surface area contributed by atoms with Gasteiger partial charge in [0.15, 0.2) is 11.6 Å². The number of H-pyrrole nitrogens is 1. The molecule has 0 radical (unpaired) electrons. The van der Waals surface area contributed by atoms with Crippen LogP contribution in [0.25, 0.3) is 11.5 Å². The predicted octanol–water partition coefficient (Wildman–Crippen LogP) is 2.26. The van der Waals surface area contributed by atoms with Gasteiger partial charge < -0.3 is 5.11 Å². The normalized spacial score (nSPS) is 14.9. The van der Waals surface area contributed by atoms with Crippen LogP contribution >= 0.6 is 0 Å². The summed E-state index contributed by atoms with van der Waals surface area (Å²) < 4.78 is 1.82. The largest absolute Gasteiger partial charge is 0.380 e. The van der Waals surface area contributed by atoms with E-state index in [-0.39, 0.29) is 0 Å². The van der Waals surface area contributed by atoms with Crippen molar-refractivity contribution in [3.63, 3.8) is 0 Å². The number of aromatic amines is 1. The first-order chi connectivity index (χ1) is 11.3. The van der Waals surface area contributed by atoms with Gasteiger partial charge in [-0.25, -0.2) is 9.67 Å². The van der Waals surface area contributed by atoms with Gasteiger partial charge in [0.1, 0.15) is 11.8 Å². The van der Waals surface area contributed by atoms with Crippen molar-refractivity contribution in [1.29, 1.82) is 0 Å². The number of aryl methyl sites for hydroxylation is 2. The average Bonchev–Trinajstić information content (AvgIpc) is 3.29. The van der Waals surface area contributed by atoms with Crippen molar-refractivity contribution in [3.8, 4) is 11.5 Å². The van der Waals surface area contributed by atoms with Crippen molar-refractivity contribution >= 4 is 0 Å². The van der Waals surface area contributed by atoms with Crippen LogP contribution in [0.3, 0.4) is 0 Å². The van der Waals surface area contributed by atoms with Gasteiger partial charge >= 0.3 is 0 Å². The molecule has 1 aliphatic carbocycles. The topological polar surface area (TPSA) is 79.6 Å². The van der Waals surface area contributed by atoms with Gasteiger partial charge in [-0.15, -0.1) is 0 Å². The molecule has 4 rings (SSSR count). The fourth-order valence-corrected chi connectivity index (χ4v) is 3.16. The van der Waals surface area contributed by atoms with Crippen LogP contribution in [0.5, 0.6) is 0 Å². The summed E-state index contributed by atoms with van der Waals surface area (Å²) in [5.74, 6) is 1.15. The predicted molar refractivity (Wildman–Crippen MR) is 85.8 cm³/mol. The third-order valence-electron chi connectivity index (χ3n) is 4.37. The van der Waals surface area contributed by atoms with E-state index in [9.17, 15) is 5.11 Å². The van der Waals surface area contributed by atoms with Crippen LogP contribution in [0.1, 0.15) is 42.1 Å². The van der Waals surface area contributed by atoms with Gasteiger partial charge in [0.05, 0.1) is 0 Å². The zero-order chi connectivity index (χ0) is 15.8. The number of hydrogen-bond donors (Lipinski definition) is 2. The first-order valence-corrected chi connectivity index (χ1v) is 8.02. The smallest absolute Gasteiger partial charge is 0.184 e. The summed E-state index contributed by atoms with van der Waals surface area (Å²) in [6, 6.07) is 9.48.